The number of urea groups is 1. The van der Waals surface area contributed by atoms with Gasteiger partial charge in [0.15, 0.2) is 0 Å². The van der Waals surface area contributed by atoms with E-state index in [9.17, 15) is 14.7 Å². The molecule has 0 aromatic heterocycles. The zero-order chi connectivity index (χ0) is 22.1. The highest BCUT2D eigenvalue weighted by atomic mass is 32.2. The van der Waals surface area contributed by atoms with E-state index >= 15 is 0 Å². The number of rotatable bonds is 14. The Balaban J connectivity index is 1.18. The van der Waals surface area contributed by atoms with Gasteiger partial charge in [0.25, 0.3) is 0 Å². The lowest BCUT2D eigenvalue weighted by Crippen LogP contribution is -2.36. The van der Waals surface area contributed by atoms with E-state index in [1.54, 1.807) is 24.3 Å². The lowest BCUT2D eigenvalue weighted by Gasteiger charge is -2.16. The molecule has 2 aliphatic rings. The Morgan fingerprint density at radius 1 is 1.13 bits per heavy atom. The molecule has 2 unspecified atom stereocenters. The minimum absolute atomic E-state index is 0.0137. The zero-order valence-corrected chi connectivity index (χ0v) is 18.8. The SMILES string of the molecule is Nc1ccc(NC(CCCCNCCCCCC2SC[C@@H]3NC(=O)N[C@H]23)C(=O)O)cc1. The van der Waals surface area contributed by atoms with Crippen LogP contribution >= 0.6 is 11.8 Å². The van der Waals surface area contributed by atoms with Crippen LogP contribution in [0.3, 0.4) is 0 Å². The number of hydrogen-bond donors (Lipinski definition) is 6. The van der Waals surface area contributed by atoms with Crippen molar-refractivity contribution in [2.45, 2.75) is 68.3 Å². The van der Waals surface area contributed by atoms with Crippen molar-refractivity contribution in [3.63, 3.8) is 0 Å². The molecule has 31 heavy (non-hydrogen) atoms. The van der Waals surface area contributed by atoms with Crippen LogP contribution in [0.15, 0.2) is 24.3 Å². The molecule has 2 amide bonds. The van der Waals surface area contributed by atoms with Gasteiger partial charge in [-0.05, 0) is 69.5 Å². The molecule has 7 N–H and O–H groups in total. The smallest absolute Gasteiger partial charge is 0.326 e. The van der Waals surface area contributed by atoms with Gasteiger partial charge in [0, 0.05) is 22.4 Å². The number of hydrogen-bond acceptors (Lipinski definition) is 6. The first kappa shape index (κ1) is 23.5. The Labute approximate surface area is 188 Å². The third-order valence-corrected chi connectivity index (χ3v) is 7.44. The van der Waals surface area contributed by atoms with Gasteiger partial charge in [0.1, 0.15) is 6.04 Å². The number of carbonyl (C=O) groups is 2. The van der Waals surface area contributed by atoms with Crippen molar-refractivity contribution in [1.82, 2.24) is 16.0 Å². The van der Waals surface area contributed by atoms with Crippen LogP contribution in [-0.4, -0.2) is 59.3 Å². The molecule has 172 valence electrons. The first-order valence-corrected chi connectivity index (χ1v) is 12.3. The van der Waals surface area contributed by atoms with Gasteiger partial charge < -0.3 is 32.1 Å². The maximum Gasteiger partial charge on any atom is 0.326 e. The van der Waals surface area contributed by atoms with Gasteiger partial charge >= 0.3 is 12.0 Å². The molecule has 0 saturated carbocycles. The number of unbranched alkanes of at least 4 members (excludes halogenated alkanes) is 3. The molecule has 9 heteroatoms. The Hall–Kier alpha value is -2.13. The van der Waals surface area contributed by atoms with Crippen molar-refractivity contribution >= 4 is 35.1 Å². The van der Waals surface area contributed by atoms with Gasteiger partial charge in [-0.3, -0.25) is 0 Å². The monoisotopic (exact) mass is 449 g/mol. The van der Waals surface area contributed by atoms with Crippen molar-refractivity contribution in [1.29, 1.82) is 0 Å². The topological polar surface area (TPSA) is 129 Å². The summed E-state index contributed by atoms with van der Waals surface area (Å²) in [5.41, 5.74) is 7.10. The number of benzene rings is 1. The fourth-order valence-electron chi connectivity index (χ4n) is 4.18. The molecule has 0 spiro atoms. The van der Waals surface area contributed by atoms with E-state index in [-0.39, 0.29) is 6.03 Å². The van der Waals surface area contributed by atoms with Crippen molar-refractivity contribution in [3.8, 4) is 0 Å². The molecule has 2 fully saturated rings. The molecular formula is C22H35N5O3S. The summed E-state index contributed by atoms with van der Waals surface area (Å²) in [4.78, 5) is 22.9. The van der Waals surface area contributed by atoms with E-state index < -0.39 is 12.0 Å². The van der Waals surface area contributed by atoms with Gasteiger partial charge in [0.2, 0.25) is 0 Å². The number of carboxylic acid groups (broad SMARTS) is 1. The molecule has 3 rings (SSSR count). The number of nitrogen functional groups attached to an aromatic ring is 1. The highest BCUT2D eigenvalue weighted by molar-refractivity contribution is 8.00. The number of carboxylic acids is 1. The number of amides is 2. The predicted molar refractivity (Wildman–Crippen MR) is 127 cm³/mol. The molecule has 1 aromatic rings. The third-order valence-electron chi connectivity index (χ3n) is 5.93. The predicted octanol–water partition coefficient (Wildman–Crippen LogP) is 2.62. The molecular weight excluding hydrogens is 414 g/mol. The minimum Gasteiger partial charge on any atom is -0.480 e. The zero-order valence-electron chi connectivity index (χ0n) is 17.9. The van der Waals surface area contributed by atoms with E-state index in [1.165, 1.54) is 12.8 Å². The summed E-state index contributed by atoms with van der Waals surface area (Å²) in [5, 5.41) is 22.5. The van der Waals surface area contributed by atoms with Crippen molar-refractivity contribution in [2.75, 3.05) is 29.9 Å². The Bertz CT molecular complexity index is 718. The van der Waals surface area contributed by atoms with Crippen LogP contribution in [0.4, 0.5) is 16.2 Å². The van der Waals surface area contributed by atoms with Gasteiger partial charge in [-0.25, -0.2) is 9.59 Å². The Morgan fingerprint density at radius 3 is 2.61 bits per heavy atom. The lowest BCUT2D eigenvalue weighted by atomic mass is 10.0. The van der Waals surface area contributed by atoms with Crippen LogP contribution in [0.25, 0.3) is 0 Å². The van der Waals surface area contributed by atoms with Gasteiger partial charge in [-0.1, -0.05) is 12.8 Å². The first-order valence-electron chi connectivity index (χ1n) is 11.3. The number of fused-ring (bicyclic) bond motifs is 1. The van der Waals surface area contributed by atoms with E-state index in [0.717, 1.165) is 50.2 Å². The second kappa shape index (κ2) is 12.0. The van der Waals surface area contributed by atoms with Crippen LogP contribution in [-0.2, 0) is 4.79 Å². The molecule has 0 radical (unpaired) electrons. The number of carbonyl (C=O) groups excluding carboxylic acids is 1. The molecule has 2 saturated heterocycles. The molecule has 0 aliphatic carbocycles. The molecule has 2 heterocycles. The summed E-state index contributed by atoms with van der Waals surface area (Å²) in [5.74, 6) is 0.193. The van der Waals surface area contributed by atoms with Crippen LogP contribution in [0.1, 0.15) is 44.9 Å². The van der Waals surface area contributed by atoms with Crippen LogP contribution in [0.2, 0.25) is 0 Å². The average Bonchev–Trinajstić information content (AvgIpc) is 3.29. The van der Waals surface area contributed by atoms with Gasteiger partial charge in [-0.2, -0.15) is 11.8 Å². The number of nitrogens with two attached hydrogens (primary N) is 1. The van der Waals surface area contributed by atoms with E-state index in [1.807, 2.05) is 11.8 Å². The van der Waals surface area contributed by atoms with Crippen molar-refractivity contribution in [2.24, 2.45) is 0 Å². The number of nitrogens with one attached hydrogen (secondary N) is 4. The summed E-state index contributed by atoms with van der Waals surface area (Å²) in [7, 11) is 0. The largest absolute Gasteiger partial charge is 0.480 e. The van der Waals surface area contributed by atoms with Crippen LogP contribution < -0.4 is 27.0 Å². The number of aliphatic carboxylic acids is 1. The summed E-state index contributed by atoms with van der Waals surface area (Å²) in [6.45, 7) is 1.91. The second-order valence-electron chi connectivity index (χ2n) is 8.37. The molecule has 8 nitrogen and oxygen atoms in total. The van der Waals surface area contributed by atoms with Gasteiger partial charge in [0.05, 0.1) is 12.1 Å². The maximum atomic E-state index is 11.5. The van der Waals surface area contributed by atoms with Crippen molar-refractivity contribution in [3.05, 3.63) is 24.3 Å². The summed E-state index contributed by atoms with van der Waals surface area (Å²) in [6.07, 6.45) is 7.09. The first-order chi connectivity index (χ1) is 15.0. The highest BCUT2D eigenvalue weighted by Crippen LogP contribution is 2.33. The fourth-order valence-corrected chi connectivity index (χ4v) is 5.72. The lowest BCUT2D eigenvalue weighted by molar-refractivity contribution is -0.138. The highest BCUT2D eigenvalue weighted by Gasteiger charge is 2.42. The summed E-state index contributed by atoms with van der Waals surface area (Å²) >= 11 is 1.97. The molecule has 2 aliphatic heterocycles. The number of anilines is 2. The Kier molecular flexibility index (Phi) is 9.14. The summed E-state index contributed by atoms with van der Waals surface area (Å²) < 4.78 is 0. The standard InChI is InChI=1S/C22H35N5O3S/c23-15-8-10-16(11-9-15)25-17(21(28)29)6-3-5-13-24-12-4-1-2-7-19-20-18(14-31-19)26-22(30)27-20/h8-11,17-20,24-25H,1-7,12-14,23H2,(H,28,29)(H2,26,27,30)/t17?,18-,19?,20-/m0/s1. The molecule has 0 bridgehead atoms. The quantitative estimate of drug-likeness (QED) is 0.146. The van der Waals surface area contributed by atoms with E-state index in [0.29, 0.717) is 29.4 Å². The van der Waals surface area contributed by atoms with E-state index in [4.69, 9.17) is 5.73 Å². The maximum absolute atomic E-state index is 11.5. The van der Waals surface area contributed by atoms with E-state index in [2.05, 4.69) is 21.3 Å². The minimum atomic E-state index is -0.829. The van der Waals surface area contributed by atoms with Crippen LogP contribution in [0, 0.1) is 0 Å². The average molecular weight is 450 g/mol. The molecule has 1 aromatic carbocycles. The second-order valence-corrected chi connectivity index (χ2v) is 9.65. The normalized spacial score (nSPS) is 23.1. The van der Waals surface area contributed by atoms with Crippen molar-refractivity contribution < 1.29 is 14.7 Å². The Morgan fingerprint density at radius 2 is 1.87 bits per heavy atom. The third kappa shape index (κ3) is 7.50. The summed E-state index contributed by atoms with van der Waals surface area (Å²) in [6, 6.07) is 7.15. The number of thioether (sulfide) groups is 1. The fraction of sp³-hybridized carbons (Fsp3) is 0.636. The van der Waals surface area contributed by atoms with Crippen LogP contribution in [0.5, 0.6) is 0 Å². The van der Waals surface area contributed by atoms with Gasteiger partial charge in [-0.15, -0.1) is 0 Å². The molecule has 4 atom stereocenters.